The fourth-order valence-corrected chi connectivity index (χ4v) is 4.40. The SMILES string of the molecule is CCCN(CC(=O)N1CCN(C2CCN(C)CC2)CC1)C(=O)c1ccc(OC)cc1.Cl. The molecule has 0 spiro atoms. The highest BCUT2D eigenvalue weighted by Crippen LogP contribution is 2.18. The number of hydrogen-bond donors (Lipinski definition) is 0. The summed E-state index contributed by atoms with van der Waals surface area (Å²) in [5.41, 5.74) is 0.587. The van der Waals surface area contributed by atoms with E-state index in [-0.39, 0.29) is 30.8 Å². The minimum atomic E-state index is -0.0992. The molecule has 0 atom stereocenters. The third-order valence-corrected chi connectivity index (χ3v) is 6.32. The van der Waals surface area contributed by atoms with E-state index in [1.807, 2.05) is 11.8 Å². The van der Waals surface area contributed by atoms with Gasteiger partial charge in [0.2, 0.25) is 5.91 Å². The number of rotatable bonds is 7. The van der Waals surface area contributed by atoms with Crippen molar-refractivity contribution >= 4 is 24.2 Å². The first kappa shape index (κ1) is 25.4. The monoisotopic (exact) mass is 452 g/mol. The summed E-state index contributed by atoms with van der Waals surface area (Å²) in [4.78, 5) is 34.4. The lowest BCUT2D eigenvalue weighted by Gasteiger charge is -2.42. The summed E-state index contributed by atoms with van der Waals surface area (Å²) in [5, 5.41) is 0. The molecule has 0 aromatic heterocycles. The molecule has 0 radical (unpaired) electrons. The van der Waals surface area contributed by atoms with Crippen LogP contribution in [-0.4, -0.2) is 104 Å². The Balaban J connectivity index is 0.00000341. The summed E-state index contributed by atoms with van der Waals surface area (Å²) >= 11 is 0. The second-order valence-electron chi connectivity index (χ2n) is 8.41. The predicted molar refractivity (Wildman–Crippen MR) is 125 cm³/mol. The van der Waals surface area contributed by atoms with Crippen LogP contribution in [-0.2, 0) is 4.79 Å². The zero-order valence-corrected chi connectivity index (χ0v) is 19.9. The van der Waals surface area contributed by atoms with Crippen LogP contribution in [0.15, 0.2) is 24.3 Å². The van der Waals surface area contributed by atoms with Crippen molar-refractivity contribution in [2.24, 2.45) is 0 Å². The Hall–Kier alpha value is -1.83. The normalized spacial score (nSPS) is 18.4. The van der Waals surface area contributed by atoms with Gasteiger partial charge in [-0.3, -0.25) is 14.5 Å². The Morgan fingerprint density at radius 3 is 2.19 bits per heavy atom. The van der Waals surface area contributed by atoms with E-state index >= 15 is 0 Å². The van der Waals surface area contributed by atoms with E-state index < -0.39 is 0 Å². The molecule has 7 nitrogen and oxygen atoms in total. The Kier molecular flexibility index (Phi) is 10.1. The molecule has 31 heavy (non-hydrogen) atoms. The molecule has 2 amide bonds. The molecular formula is C23H37ClN4O3. The molecule has 2 saturated heterocycles. The van der Waals surface area contributed by atoms with E-state index in [0.29, 0.717) is 23.9 Å². The first-order valence-corrected chi connectivity index (χ1v) is 11.2. The summed E-state index contributed by atoms with van der Waals surface area (Å²) in [5.74, 6) is 0.665. The third-order valence-electron chi connectivity index (χ3n) is 6.32. The molecule has 1 aromatic carbocycles. The molecule has 2 aliphatic rings. The van der Waals surface area contributed by atoms with Crippen LogP contribution in [0.1, 0.15) is 36.5 Å². The van der Waals surface area contributed by atoms with Crippen LogP contribution in [0.2, 0.25) is 0 Å². The fraction of sp³-hybridized carbons (Fsp3) is 0.652. The largest absolute Gasteiger partial charge is 0.497 e. The second kappa shape index (κ2) is 12.3. The molecule has 2 aliphatic heterocycles. The Labute approximate surface area is 192 Å². The number of piperazine rings is 1. The van der Waals surface area contributed by atoms with Crippen molar-refractivity contribution in [3.05, 3.63) is 29.8 Å². The highest BCUT2D eigenvalue weighted by Gasteiger charge is 2.29. The van der Waals surface area contributed by atoms with Crippen LogP contribution in [0.5, 0.6) is 5.75 Å². The molecule has 8 heteroatoms. The maximum absolute atomic E-state index is 12.9. The lowest BCUT2D eigenvalue weighted by molar-refractivity contribution is -0.134. The van der Waals surface area contributed by atoms with Gasteiger partial charge < -0.3 is 19.4 Å². The molecule has 0 bridgehead atoms. The topological polar surface area (TPSA) is 56.3 Å². The Morgan fingerprint density at radius 2 is 1.65 bits per heavy atom. The quantitative estimate of drug-likeness (QED) is 0.634. The minimum Gasteiger partial charge on any atom is -0.497 e. The lowest BCUT2D eigenvalue weighted by Crippen LogP contribution is -2.55. The highest BCUT2D eigenvalue weighted by atomic mass is 35.5. The van der Waals surface area contributed by atoms with Crippen molar-refractivity contribution in [2.45, 2.75) is 32.2 Å². The van der Waals surface area contributed by atoms with Gasteiger partial charge in [-0.15, -0.1) is 12.4 Å². The standard InChI is InChI=1S/C23H36N4O3.ClH/c1-4-11-27(23(29)19-5-7-21(30-3)8-6-19)18-22(28)26-16-14-25(15-17-26)20-9-12-24(2)13-10-20;/h5-8,20H,4,9-18H2,1-3H3;1H. The fourth-order valence-electron chi connectivity index (χ4n) is 4.40. The summed E-state index contributed by atoms with van der Waals surface area (Å²) in [6, 6.07) is 7.72. The number of piperidine rings is 1. The van der Waals surface area contributed by atoms with E-state index in [2.05, 4.69) is 16.8 Å². The molecular weight excluding hydrogens is 416 g/mol. The van der Waals surface area contributed by atoms with Gasteiger partial charge in [-0.05, 0) is 63.7 Å². The van der Waals surface area contributed by atoms with E-state index in [1.165, 1.54) is 12.8 Å². The van der Waals surface area contributed by atoms with Crippen molar-refractivity contribution in [1.29, 1.82) is 0 Å². The predicted octanol–water partition coefficient (Wildman–Crippen LogP) is 2.21. The van der Waals surface area contributed by atoms with Gasteiger partial charge in [0.15, 0.2) is 0 Å². The number of ether oxygens (including phenoxy) is 1. The number of halogens is 1. The number of hydrogen-bond acceptors (Lipinski definition) is 5. The maximum atomic E-state index is 12.9. The zero-order chi connectivity index (χ0) is 21.5. The van der Waals surface area contributed by atoms with Crippen LogP contribution in [0, 0.1) is 0 Å². The smallest absolute Gasteiger partial charge is 0.254 e. The number of benzene rings is 1. The summed E-state index contributed by atoms with van der Waals surface area (Å²) in [7, 11) is 3.79. The first-order chi connectivity index (χ1) is 14.5. The number of methoxy groups -OCH3 is 1. The molecule has 3 rings (SSSR count). The molecule has 0 aliphatic carbocycles. The minimum absolute atomic E-state index is 0. The van der Waals surface area contributed by atoms with Crippen molar-refractivity contribution in [3.8, 4) is 5.75 Å². The summed E-state index contributed by atoms with van der Waals surface area (Å²) in [6.07, 6.45) is 3.25. The van der Waals surface area contributed by atoms with Crippen LogP contribution >= 0.6 is 12.4 Å². The number of carbonyl (C=O) groups is 2. The highest BCUT2D eigenvalue weighted by molar-refractivity contribution is 5.96. The van der Waals surface area contributed by atoms with Crippen molar-refractivity contribution in [2.75, 3.05) is 66.5 Å². The average molecular weight is 453 g/mol. The van der Waals surface area contributed by atoms with Crippen LogP contribution < -0.4 is 4.74 Å². The van der Waals surface area contributed by atoms with Crippen LogP contribution in [0.3, 0.4) is 0 Å². The maximum Gasteiger partial charge on any atom is 0.254 e. The Morgan fingerprint density at radius 1 is 1.03 bits per heavy atom. The molecule has 2 heterocycles. The van der Waals surface area contributed by atoms with Gasteiger partial charge in [0.05, 0.1) is 7.11 Å². The molecule has 2 fully saturated rings. The van der Waals surface area contributed by atoms with Crippen LogP contribution in [0.4, 0.5) is 0 Å². The Bertz CT molecular complexity index is 699. The number of amides is 2. The number of likely N-dealkylation sites (tertiary alicyclic amines) is 1. The molecule has 0 saturated carbocycles. The number of carbonyl (C=O) groups excluding carboxylic acids is 2. The van der Waals surface area contributed by atoms with E-state index in [9.17, 15) is 9.59 Å². The van der Waals surface area contributed by atoms with Gasteiger partial charge in [0, 0.05) is 44.3 Å². The van der Waals surface area contributed by atoms with Crippen molar-refractivity contribution in [3.63, 3.8) is 0 Å². The van der Waals surface area contributed by atoms with E-state index in [0.717, 1.165) is 45.7 Å². The summed E-state index contributed by atoms with van der Waals surface area (Å²) in [6.45, 7) is 8.43. The van der Waals surface area contributed by atoms with E-state index in [1.54, 1.807) is 36.3 Å². The molecule has 174 valence electrons. The zero-order valence-electron chi connectivity index (χ0n) is 19.1. The van der Waals surface area contributed by atoms with E-state index in [4.69, 9.17) is 4.74 Å². The van der Waals surface area contributed by atoms with Crippen LogP contribution in [0.25, 0.3) is 0 Å². The first-order valence-electron chi connectivity index (χ1n) is 11.2. The van der Waals surface area contributed by atoms with Gasteiger partial charge >= 0.3 is 0 Å². The molecule has 1 aromatic rings. The van der Waals surface area contributed by atoms with Gasteiger partial charge in [-0.2, -0.15) is 0 Å². The summed E-state index contributed by atoms with van der Waals surface area (Å²) < 4.78 is 5.17. The van der Waals surface area contributed by atoms with Gasteiger partial charge in [-0.1, -0.05) is 6.92 Å². The average Bonchev–Trinajstić information content (AvgIpc) is 2.79. The van der Waals surface area contributed by atoms with Gasteiger partial charge in [0.1, 0.15) is 12.3 Å². The molecule has 0 N–H and O–H groups in total. The van der Waals surface area contributed by atoms with Gasteiger partial charge in [0.25, 0.3) is 5.91 Å². The second-order valence-corrected chi connectivity index (χ2v) is 8.41. The van der Waals surface area contributed by atoms with Crippen molar-refractivity contribution in [1.82, 2.24) is 19.6 Å². The lowest BCUT2D eigenvalue weighted by atomic mass is 10.0. The third kappa shape index (κ3) is 6.82. The molecule has 0 unspecified atom stereocenters. The number of nitrogens with zero attached hydrogens (tertiary/aromatic N) is 4. The van der Waals surface area contributed by atoms with Gasteiger partial charge in [-0.25, -0.2) is 0 Å². The van der Waals surface area contributed by atoms with Crippen molar-refractivity contribution < 1.29 is 14.3 Å².